The van der Waals surface area contributed by atoms with Gasteiger partial charge in [0.2, 0.25) is 11.8 Å². The van der Waals surface area contributed by atoms with Crippen LogP contribution in [0.1, 0.15) is 29.2 Å². The summed E-state index contributed by atoms with van der Waals surface area (Å²) in [6.45, 7) is 0.725. The Bertz CT molecular complexity index is 937. The maximum absolute atomic E-state index is 12.6. The average Bonchev–Trinajstić information content (AvgIpc) is 3.10. The number of primary amides is 1. The number of hydrogen-bond donors (Lipinski definition) is 3. The van der Waals surface area contributed by atoms with Gasteiger partial charge in [0.05, 0.1) is 19.7 Å². The van der Waals surface area contributed by atoms with E-state index in [4.69, 9.17) is 16.2 Å². The van der Waals surface area contributed by atoms with Crippen LogP contribution in [0.25, 0.3) is 11.3 Å². The van der Waals surface area contributed by atoms with Crippen LogP contribution in [0, 0.1) is 0 Å². The molecule has 10 nitrogen and oxygen atoms in total. The average molecular weight is 401 g/mol. The molecule has 2 aromatic rings. The van der Waals surface area contributed by atoms with Gasteiger partial charge in [0.25, 0.3) is 0 Å². The fraction of sp³-hybridized carbons (Fsp3) is 0.368. The molecule has 0 saturated heterocycles. The van der Waals surface area contributed by atoms with Gasteiger partial charge >= 0.3 is 5.97 Å². The van der Waals surface area contributed by atoms with Crippen LogP contribution in [-0.2, 0) is 22.7 Å². The third kappa shape index (κ3) is 4.21. The molecule has 10 heteroatoms. The fourth-order valence-corrected chi connectivity index (χ4v) is 3.34. The third-order valence-electron chi connectivity index (χ3n) is 4.87. The van der Waals surface area contributed by atoms with E-state index in [0.29, 0.717) is 29.4 Å². The number of benzene rings is 1. The number of aromatic carboxylic acids is 1. The number of nitrogens with two attached hydrogens (primary N) is 2. The smallest absolute Gasteiger partial charge is 0.354 e. The lowest BCUT2D eigenvalue weighted by atomic mass is 10.1. The lowest BCUT2D eigenvalue weighted by Gasteiger charge is -2.30. The Hall–Kier alpha value is -3.40. The Morgan fingerprint density at radius 2 is 1.93 bits per heavy atom. The fourth-order valence-electron chi connectivity index (χ4n) is 3.34. The van der Waals surface area contributed by atoms with Crippen molar-refractivity contribution in [2.45, 2.75) is 32.0 Å². The van der Waals surface area contributed by atoms with Gasteiger partial charge in [-0.25, -0.2) is 9.78 Å². The second-order valence-corrected chi connectivity index (χ2v) is 6.78. The molecular weight excluding hydrogens is 378 g/mol. The molecule has 1 atom stereocenters. The summed E-state index contributed by atoms with van der Waals surface area (Å²) in [5, 5.41) is 9.73. The predicted molar refractivity (Wildman–Crippen MR) is 103 cm³/mol. The van der Waals surface area contributed by atoms with E-state index in [-0.39, 0.29) is 37.5 Å². The number of carboxylic acids is 1. The van der Waals surface area contributed by atoms with Crippen molar-refractivity contribution in [2.24, 2.45) is 11.5 Å². The topological polar surface area (TPSA) is 154 Å². The van der Waals surface area contributed by atoms with Crippen LogP contribution >= 0.6 is 0 Å². The molecule has 2 heterocycles. The number of fused-ring (bicyclic) bond motifs is 1. The summed E-state index contributed by atoms with van der Waals surface area (Å²) < 4.78 is 6.75. The lowest BCUT2D eigenvalue weighted by molar-refractivity contribution is -0.134. The number of aromatic nitrogens is 2. The molecule has 29 heavy (non-hydrogen) atoms. The largest absolute Gasteiger partial charge is 0.497 e. The van der Waals surface area contributed by atoms with Crippen LogP contribution in [0.4, 0.5) is 0 Å². The first kappa shape index (κ1) is 20.3. The second kappa shape index (κ2) is 8.31. The zero-order valence-electron chi connectivity index (χ0n) is 16.0. The van der Waals surface area contributed by atoms with E-state index < -0.39 is 17.9 Å². The van der Waals surface area contributed by atoms with Crippen molar-refractivity contribution < 1.29 is 24.2 Å². The summed E-state index contributed by atoms with van der Waals surface area (Å²) in [5.41, 5.74) is 12.0. The van der Waals surface area contributed by atoms with Crippen molar-refractivity contribution in [1.82, 2.24) is 14.5 Å². The van der Waals surface area contributed by atoms with Crippen molar-refractivity contribution in [3.63, 3.8) is 0 Å². The Labute approximate surface area is 167 Å². The highest BCUT2D eigenvalue weighted by Gasteiger charge is 2.31. The van der Waals surface area contributed by atoms with Crippen LogP contribution in [0.3, 0.4) is 0 Å². The van der Waals surface area contributed by atoms with Gasteiger partial charge < -0.3 is 30.8 Å². The Morgan fingerprint density at radius 1 is 1.24 bits per heavy atom. The quantitative estimate of drug-likeness (QED) is 0.598. The van der Waals surface area contributed by atoms with E-state index in [1.165, 1.54) is 4.90 Å². The van der Waals surface area contributed by atoms with E-state index in [2.05, 4.69) is 4.98 Å². The third-order valence-corrected chi connectivity index (χ3v) is 4.87. The standard InChI is InChI=1S/C19H23N5O5/c1-29-12-4-2-11(3-5-12)16-17(19(27)28)24-9-8-23(10-15(24)22-16)18(26)13(20)6-7-14(21)25/h2-5,13H,6-10,20H2,1H3,(H2,21,25)(H,27,28)/t13-/m0/s1. The maximum atomic E-state index is 12.6. The SMILES string of the molecule is COc1ccc(-c2nc3n(c2C(=O)O)CCN(C(=O)[C@@H](N)CCC(N)=O)C3)cc1. The van der Waals surface area contributed by atoms with E-state index in [1.54, 1.807) is 35.9 Å². The lowest BCUT2D eigenvalue weighted by Crippen LogP contribution is -2.47. The minimum absolute atomic E-state index is 0.0279. The number of carbonyl (C=O) groups is 3. The summed E-state index contributed by atoms with van der Waals surface area (Å²) in [6, 6.07) is 6.09. The van der Waals surface area contributed by atoms with Crippen molar-refractivity contribution in [1.29, 1.82) is 0 Å². The molecule has 154 valence electrons. The highest BCUT2D eigenvalue weighted by atomic mass is 16.5. The molecule has 1 aromatic carbocycles. The van der Waals surface area contributed by atoms with Crippen LogP contribution in [0.5, 0.6) is 5.75 Å². The first-order chi connectivity index (χ1) is 13.8. The number of rotatable bonds is 7. The molecule has 0 spiro atoms. The Morgan fingerprint density at radius 3 is 2.52 bits per heavy atom. The van der Waals surface area contributed by atoms with E-state index >= 15 is 0 Å². The summed E-state index contributed by atoms with van der Waals surface area (Å²) in [7, 11) is 1.55. The molecule has 5 N–H and O–H groups in total. The molecule has 3 rings (SSSR count). The molecule has 0 saturated carbocycles. The molecule has 2 amide bonds. The summed E-state index contributed by atoms with van der Waals surface area (Å²) in [5.74, 6) is -0.806. The van der Waals surface area contributed by atoms with Gasteiger partial charge in [-0.1, -0.05) is 0 Å². The predicted octanol–water partition coefficient (Wildman–Crippen LogP) is 0.192. The van der Waals surface area contributed by atoms with Gasteiger partial charge in [-0.2, -0.15) is 0 Å². The molecule has 1 aromatic heterocycles. The monoisotopic (exact) mass is 401 g/mol. The Balaban J connectivity index is 1.86. The second-order valence-electron chi connectivity index (χ2n) is 6.78. The van der Waals surface area contributed by atoms with Crippen molar-refractivity contribution in [3.05, 3.63) is 35.8 Å². The normalized spacial score (nSPS) is 14.2. The number of imidazole rings is 1. The van der Waals surface area contributed by atoms with Crippen LogP contribution in [0.2, 0.25) is 0 Å². The van der Waals surface area contributed by atoms with Crippen LogP contribution in [-0.4, -0.2) is 57.0 Å². The summed E-state index contributed by atoms with van der Waals surface area (Å²) in [6.07, 6.45) is 0.191. The minimum Gasteiger partial charge on any atom is -0.497 e. The van der Waals surface area contributed by atoms with E-state index in [0.717, 1.165) is 0 Å². The molecule has 1 aliphatic heterocycles. The number of methoxy groups -OCH3 is 1. The molecule has 0 radical (unpaired) electrons. The van der Waals surface area contributed by atoms with Crippen molar-refractivity contribution in [2.75, 3.05) is 13.7 Å². The van der Waals surface area contributed by atoms with Gasteiger partial charge in [0.1, 0.15) is 17.3 Å². The van der Waals surface area contributed by atoms with Gasteiger partial charge in [0, 0.05) is 25.1 Å². The van der Waals surface area contributed by atoms with E-state index in [9.17, 15) is 19.5 Å². The van der Waals surface area contributed by atoms with Gasteiger partial charge in [0.15, 0.2) is 5.69 Å². The molecule has 0 aliphatic carbocycles. The molecule has 0 bridgehead atoms. The Kier molecular flexibility index (Phi) is 5.83. The van der Waals surface area contributed by atoms with Gasteiger partial charge in [-0.05, 0) is 30.7 Å². The number of carboxylic acid groups (broad SMARTS) is 1. The zero-order chi connectivity index (χ0) is 21.1. The minimum atomic E-state index is -1.09. The highest BCUT2D eigenvalue weighted by Crippen LogP contribution is 2.28. The summed E-state index contributed by atoms with van der Waals surface area (Å²) in [4.78, 5) is 41.4. The first-order valence-electron chi connectivity index (χ1n) is 9.11. The molecule has 0 unspecified atom stereocenters. The first-order valence-corrected chi connectivity index (χ1v) is 9.11. The van der Waals surface area contributed by atoms with Gasteiger partial charge in [-0.3, -0.25) is 9.59 Å². The molecular formula is C19H23N5O5. The number of hydrogen-bond acceptors (Lipinski definition) is 6. The number of nitrogens with zero attached hydrogens (tertiary/aromatic N) is 3. The summed E-state index contributed by atoms with van der Waals surface area (Å²) >= 11 is 0. The van der Waals surface area contributed by atoms with Crippen molar-refractivity contribution >= 4 is 17.8 Å². The highest BCUT2D eigenvalue weighted by molar-refractivity contribution is 5.93. The maximum Gasteiger partial charge on any atom is 0.354 e. The molecule has 1 aliphatic rings. The molecule has 0 fully saturated rings. The van der Waals surface area contributed by atoms with E-state index in [1.807, 2.05) is 0 Å². The number of ether oxygens (including phenoxy) is 1. The van der Waals surface area contributed by atoms with Crippen molar-refractivity contribution in [3.8, 4) is 17.0 Å². The van der Waals surface area contributed by atoms with Crippen LogP contribution < -0.4 is 16.2 Å². The number of carbonyl (C=O) groups excluding carboxylic acids is 2. The van der Waals surface area contributed by atoms with Gasteiger partial charge in [-0.15, -0.1) is 0 Å². The number of amides is 2. The zero-order valence-corrected chi connectivity index (χ0v) is 16.0. The van der Waals surface area contributed by atoms with Crippen LogP contribution in [0.15, 0.2) is 24.3 Å².